The third-order valence-electron chi connectivity index (χ3n) is 4.01. The normalized spacial score (nSPS) is 13.2. The predicted octanol–water partition coefficient (Wildman–Crippen LogP) is 1.56. The van der Waals surface area contributed by atoms with Gasteiger partial charge < -0.3 is 15.3 Å². The molecule has 0 fully saturated rings. The van der Waals surface area contributed by atoms with Crippen molar-refractivity contribution in [3.05, 3.63) is 0 Å². The van der Waals surface area contributed by atoms with E-state index < -0.39 is 5.41 Å². The number of hydrogen-bond donors (Lipinski definition) is 3. The van der Waals surface area contributed by atoms with Gasteiger partial charge in [0, 0.05) is 5.41 Å². The molecule has 0 amide bonds. The molecule has 0 radical (unpaired) electrons. The average Bonchev–Trinajstić information content (AvgIpc) is 2.33. The zero-order valence-corrected chi connectivity index (χ0v) is 10.3. The third-order valence-corrected chi connectivity index (χ3v) is 4.01. The lowest BCUT2D eigenvalue weighted by Crippen LogP contribution is -2.39. The molecule has 15 heavy (non-hydrogen) atoms. The van der Waals surface area contributed by atoms with E-state index in [-0.39, 0.29) is 25.2 Å². The summed E-state index contributed by atoms with van der Waals surface area (Å²) in [5.41, 5.74) is -0.587. The van der Waals surface area contributed by atoms with Gasteiger partial charge in [-0.1, -0.05) is 40.0 Å². The molecule has 0 rings (SSSR count). The van der Waals surface area contributed by atoms with E-state index in [1.807, 2.05) is 0 Å². The quantitative estimate of drug-likeness (QED) is 0.579. The molecule has 0 heterocycles. The summed E-state index contributed by atoms with van der Waals surface area (Å²) >= 11 is 0. The van der Waals surface area contributed by atoms with Gasteiger partial charge >= 0.3 is 0 Å². The van der Waals surface area contributed by atoms with E-state index in [1.165, 1.54) is 0 Å². The van der Waals surface area contributed by atoms with Crippen molar-refractivity contribution in [1.29, 1.82) is 0 Å². The van der Waals surface area contributed by atoms with Crippen LogP contribution < -0.4 is 0 Å². The molecular formula is C12H26O3. The first-order chi connectivity index (χ1) is 7.07. The van der Waals surface area contributed by atoms with E-state index in [4.69, 9.17) is 0 Å². The second-order valence-electron chi connectivity index (χ2n) is 4.71. The van der Waals surface area contributed by atoms with Crippen molar-refractivity contribution >= 4 is 0 Å². The zero-order valence-electron chi connectivity index (χ0n) is 10.3. The summed E-state index contributed by atoms with van der Waals surface area (Å²) in [7, 11) is 0. The van der Waals surface area contributed by atoms with Gasteiger partial charge in [-0.2, -0.15) is 0 Å². The molecule has 0 spiro atoms. The minimum atomic E-state index is -0.720. The molecule has 0 unspecified atom stereocenters. The Morgan fingerprint density at radius 1 is 0.667 bits per heavy atom. The van der Waals surface area contributed by atoms with Crippen molar-refractivity contribution in [1.82, 2.24) is 0 Å². The number of aliphatic hydroxyl groups excluding tert-OH is 3. The minimum Gasteiger partial charge on any atom is -0.396 e. The Morgan fingerprint density at radius 2 is 1.00 bits per heavy atom. The molecule has 0 bridgehead atoms. The summed E-state index contributed by atoms with van der Waals surface area (Å²) in [4.78, 5) is 0. The highest BCUT2D eigenvalue weighted by Crippen LogP contribution is 2.41. The van der Waals surface area contributed by atoms with Gasteiger partial charge in [-0.3, -0.25) is 0 Å². The van der Waals surface area contributed by atoms with Crippen LogP contribution in [0.25, 0.3) is 0 Å². The van der Waals surface area contributed by atoms with E-state index in [0.29, 0.717) is 6.42 Å². The minimum absolute atomic E-state index is 0.133. The van der Waals surface area contributed by atoms with Gasteiger partial charge in [0.05, 0.1) is 19.8 Å². The zero-order chi connectivity index (χ0) is 11.9. The standard InChI is InChI=1S/C12H26O3/c1-4-11(5-2,6-3)7-12(8-13,9-14)10-15/h13-15H,4-10H2,1-3H3. The van der Waals surface area contributed by atoms with Crippen LogP contribution in [0.1, 0.15) is 46.5 Å². The maximum Gasteiger partial charge on any atom is 0.0531 e. The van der Waals surface area contributed by atoms with Gasteiger partial charge in [0.1, 0.15) is 0 Å². The van der Waals surface area contributed by atoms with E-state index in [2.05, 4.69) is 20.8 Å². The lowest BCUT2D eigenvalue weighted by atomic mass is 9.67. The molecule has 0 aliphatic rings. The molecule has 0 saturated heterocycles. The molecule has 0 aromatic carbocycles. The van der Waals surface area contributed by atoms with Crippen LogP contribution in [0.3, 0.4) is 0 Å². The van der Waals surface area contributed by atoms with Crippen LogP contribution in [0.15, 0.2) is 0 Å². The van der Waals surface area contributed by atoms with Crippen LogP contribution in [0, 0.1) is 10.8 Å². The SMILES string of the molecule is CCC(CC)(CC)CC(CO)(CO)CO. The van der Waals surface area contributed by atoms with Gasteiger partial charge in [-0.25, -0.2) is 0 Å². The highest BCUT2D eigenvalue weighted by molar-refractivity contribution is 4.87. The van der Waals surface area contributed by atoms with Crippen LogP contribution in [0.2, 0.25) is 0 Å². The highest BCUT2D eigenvalue weighted by atomic mass is 16.3. The van der Waals surface area contributed by atoms with Crippen molar-refractivity contribution in [3.63, 3.8) is 0 Å². The largest absolute Gasteiger partial charge is 0.396 e. The summed E-state index contributed by atoms with van der Waals surface area (Å²) in [6.07, 6.45) is 3.73. The van der Waals surface area contributed by atoms with Crippen molar-refractivity contribution in [2.24, 2.45) is 10.8 Å². The maximum atomic E-state index is 9.31. The molecule has 0 aromatic heterocycles. The lowest BCUT2D eigenvalue weighted by molar-refractivity contribution is -0.0347. The first kappa shape index (κ1) is 14.9. The third kappa shape index (κ3) is 3.44. The number of rotatable bonds is 8. The van der Waals surface area contributed by atoms with Crippen LogP contribution >= 0.6 is 0 Å². The van der Waals surface area contributed by atoms with E-state index in [0.717, 1.165) is 19.3 Å². The molecule has 0 aliphatic carbocycles. The summed E-state index contributed by atoms with van der Waals surface area (Å²) in [5.74, 6) is 0. The smallest absolute Gasteiger partial charge is 0.0531 e. The van der Waals surface area contributed by atoms with E-state index >= 15 is 0 Å². The van der Waals surface area contributed by atoms with E-state index in [9.17, 15) is 15.3 Å². The first-order valence-electron chi connectivity index (χ1n) is 5.90. The van der Waals surface area contributed by atoms with Crippen LogP contribution in [0.5, 0.6) is 0 Å². The van der Waals surface area contributed by atoms with Gasteiger partial charge in [0.2, 0.25) is 0 Å². The van der Waals surface area contributed by atoms with Gasteiger partial charge in [-0.15, -0.1) is 0 Å². The van der Waals surface area contributed by atoms with Crippen LogP contribution in [0.4, 0.5) is 0 Å². The summed E-state index contributed by atoms with van der Waals surface area (Å²) in [6.45, 7) is 5.93. The molecule has 3 nitrogen and oxygen atoms in total. The Labute approximate surface area is 93.1 Å². The average molecular weight is 218 g/mol. The Morgan fingerprint density at radius 3 is 1.20 bits per heavy atom. The summed E-state index contributed by atoms with van der Waals surface area (Å²) in [6, 6.07) is 0. The highest BCUT2D eigenvalue weighted by Gasteiger charge is 2.37. The molecular weight excluding hydrogens is 192 g/mol. The topological polar surface area (TPSA) is 60.7 Å². The summed E-state index contributed by atoms with van der Waals surface area (Å²) in [5, 5.41) is 27.9. The Kier molecular flexibility index (Phi) is 6.41. The molecule has 92 valence electrons. The van der Waals surface area contributed by atoms with Crippen LogP contribution in [-0.4, -0.2) is 35.1 Å². The second kappa shape index (κ2) is 6.46. The Bertz CT molecular complexity index is 126. The van der Waals surface area contributed by atoms with Gasteiger partial charge in [0.15, 0.2) is 0 Å². The fraction of sp³-hybridized carbons (Fsp3) is 1.00. The molecule has 3 heteroatoms. The Hall–Kier alpha value is -0.120. The van der Waals surface area contributed by atoms with Crippen molar-refractivity contribution < 1.29 is 15.3 Å². The van der Waals surface area contributed by atoms with Crippen molar-refractivity contribution in [2.75, 3.05) is 19.8 Å². The van der Waals surface area contributed by atoms with Crippen molar-refractivity contribution in [3.8, 4) is 0 Å². The predicted molar refractivity (Wildman–Crippen MR) is 61.6 cm³/mol. The fourth-order valence-electron chi connectivity index (χ4n) is 2.24. The molecule has 0 atom stereocenters. The molecule has 0 aliphatic heterocycles. The molecule has 0 aromatic rings. The van der Waals surface area contributed by atoms with E-state index in [1.54, 1.807) is 0 Å². The summed E-state index contributed by atoms with van der Waals surface area (Å²) < 4.78 is 0. The van der Waals surface area contributed by atoms with Crippen molar-refractivity contribution in [2.45, 2.75) is 46.5 Å². The Balaban J connectivity index is 4.74. The second-order valence-corrected chi connectivity index (χ2v) is 4.71. The van der Waals surface area contributed by atoms with Crippen LogP contribution in [-0.2, 0) is 0 Å². The first-order valence-corrected chi connectivity index (χ1v) is 5.90. The monoisotopic (exact) mass is 218 g/mol. The van der Waals surface area contributed by atoms with Gasteiger partial charge in [-0.05, 0) is 11.8 Å². The molecule has 3 N–H and O–H groups in total. The fourth-order valence-corrected chi connectivity index (χ4v) is 2.24. The molecule has 0 saturated carbocycles. The number of hydrogen-bond acceptors (Lipinski definition) is 3. The number of aliphatic hydroxyl groups is 3. The maximum absolute atomic E-state index is 9.31. The van der Waals surface area contributed by atoms with Gasteiger partial charge in [0.25, 0.3) is 0 Å². The lowest BCUT2D eigenvalue weighted by Gasteiger charge is -2.39.